The predicted molar refractivity (Wildman–Crippen MR) is 93.8 cm³/mol. The van der Waals surface area contributed by atoms with Crippen molar-refractivity contribution in [2.24, 2.45) is 0 Å². The van der Waals surface area contributed by atoms with Gasteiger partial charge in [-0.25, -0.2) is 0 Å². The van der Waals surface area contributed by atoms with Crippen molar-refractivity contribution < 1.29 is 9.53 Å². The topological polar surface area (TPSA) is 38.3 Å². The van der Waals surface area contributed by atoms with E-state index in [-0.39, 0.29) is 11.3 Å². The van der Waals surface area contributed by atoms with Crippen LogP contribution in [0.4, 0.5) is 0 Å². The van der Waals surface area contributed by atoms with Crippen molar-refractivity contribution in [3.05, 3.63) is 65.7 Å². The minimum absolute atomic E-state index is 0.0169. The minimum Gasteiger partial charge on any atom is -0.492 e. The van der Waals surface area contributed by atoms with Gasteiger partial charge in [0.1, 0.15) is 12.4 Å². The standard InChI is InChI=1S/C20H25NO2/c1-20(2,3)17-10-7-11-18(15-17)23-13-12-21-19(22)14-16-8-5-4-6-9-16/h4-11,15H,12-14H2,1-3H3,(H,21,22). The van der Waals surface area contributed by atoms with Crippen LogP contribution < -0.4 is 10.1 Å². The van der Waals surface area contributed by atoms with Gasteiger partial charge in [-0.3, -0.25) is 4.79 Å². The highest BCUT2D eigenvalue weighted by molar-refractivity contribution is 5.78. The normalized spacial score (nSPS) is 11.1. The maximum Gasteiger partial charge on any atom is 0.224 e. The molecular weight excluding hydrogens is 286 g/mol. The second kappa shape index (κ2) is 7.82. The average molecular weight is 311 g/mol. The van der Waals surface area contributed by atoms with E-state index in [2.05, 4.69) is 38.2 Å². The van der Waals surface area contributed by atoms with Gasteiger partial charge in [-0.1, -0.05) is 63.2 Å². The fraction of sp³-hybridized carbons (Fsp3) is 0.350. The quantitative estimate of drug-likeness (QED) is 0.826. The lowest BCUT2D eigenvalue weighted by Crippen LogP contribution is -2.29. The molecule has 0 aliphatic heterocycles. The van der Waals surface area contributed by atoms with Crippen LogP contribution >= 0.6 is 0 Å². The Morgan fingerprint density at radius 3 is 2.48 bits per heavy atom. The molecule has 23 heavy (non-hydrogen) atoms. The monoisotopic (exact) mass is 311 g/mol. The molecule has 2 aromatic rings. The molecule has 0 unspecified atom stereocenters. The zero-order valence-corrected chi connectivity index (χ0v) is 14.1. The lowest BCUT2D eigenvalue weighted by molar-refractivity contribution is -0.120. The molecule has 0 bridgehead atoms. The second-order valence-electron chi connectivity index (χ2n) is 6.64. The van der Waals surface area contributed by atoms with E-state index in [9.17, 15) is 4.79 Å². The summed E-state index contributed by atoms with van der Waals surface area (Å²) in [6.07, 6.45) is 0.403. The highest BCUT2D eigenvalue weighted by Gasteiger charge is 2.13. The first-order valence-electron chi connectivity index (χ1n) is 7.99. The van der Waals surface area contributed by atoms with Crippen molar-refractivity contribution in [3.63, 3.8) is 0 Å². The first-order valence-corrected chi connectivity index (χ1v) is 7.99. The van der Waals surface area contributed by atoms with Gasteiger partial charge >= 0.3 is 0 Å². The van der Waals surface area contributed by atoms with Crippen LogP contribution in [0.5, 0.6) is 5.75 Å². The third-order valence-electron chi connectivity index (χ3n) is 3.60. The molecule has 0 saturated carbocycles. The molecule has 0 aliphatic rings. The number of hydrogen-bond donors (Lipinski definition) is 1. The van der Waals surface area contributed by atoms with Gasteiger partial charge in [-0.05, 0) is 28.7 Å². The summed E-state index contributed by atoms with van der Waals surface area (Å²) in [6, 6.07) is 17.8. The summed E-state index contributed by atoms with van der Waals surface area (Å²) < 4.78 is 5.73. The maximum atomic E-state index is 11.8. The highest BCUT2D eigenvalue weighted by atomic mass is 16.5. The number of benzene rings is 2. The molecule has 2 rings (SSSR count). The molecule has 0 fully saturated rings. The summed E-state index contributed by atoms with van der Waals surface area (Å²) >= 11 is 0. The smallest absolute Gasteiger partial charge is 0.224 e. The van der Waals surface area contributed by atoms with E-state index < -0.39 is 0 Å². The van der Waals surface area contributed by atoms with Crippen molar-refractivity contribution >= 4 is 5.91 Å². The summed E-state index contributed by atoms with van der Waals surface area (Å²) in [4.78, 5) is 11.8. The number of amides is 1. The predicted octanol–water partition coefficient (Wildman–Crippen LogP) is 3.72. The molecule has 1 N–H and O–H groups in total. The third kappa shape index (κ3) is 5.78. The Morgan fingerprint density at radius 1 is 1.04 bits per heavy atom. The van der Waals surface area contributed by atoms with E-state index in [1.165, 1.54) is 5.56 Å². The molecule has 0 atom stereocenters. The Morgan fingerprint density at radius 2 is 1.78 bits per heavy atom. The van der Waals surface area contributed by atoms with Crippen LogP contribution in [0.1, 0.15) is 31.9 Å². The molecule has 122 valence electrons. The van der Waals surface area contributed by atoms with E-state index in [4.69, 9.17) is 4.74 Å². The van der Waals surface area contributed by atoms with E-state index >= 15 is 0 Å². The first-order chi connectivity index (χ1) is 10.9. The van der Waals surface area contributed by atoms with Gasteiger partial charge < -0.3 is 10.1 Å². The van der Waals surface area contributed by atoms with Crippen LogP contribution in [0.2, 0.25) is 0 Å². The summed E-state index contributed by atoms with van der Waals surface area (Å²) in [5.74, 6) is 0.859. The van der Waals surface area contributed by atoms with Crippen LogP contribution in [-0.2, 0) is 16.6 Å². The van der Waals surface area contributed by atoms with Gasteiger partial charge in [0.05, 0.1) is 13.0 Å². The SMILES string of the molecule is CC(C)(C)c1cccc(OCCNC(=O)Cc2ccccc2)c1. The summed E-state index contributed by atoms with van der Waals surface area (Å²) in [7, 11) is 0. The van der Waals surface area contributed by atoms with Gasteiger partial charge in [-0.2, -0.15) is 0 Å². The third-order valence-corrected chi connectivity index (χ3v) is 3.60. The van der Waals surface area contributed by atoms with E-state index in [0.29, 0.717) is 19.6 Å². The van der Waals surface area contributed by atoms with Gasteiger partial charge in [0.15, 0.2) is 0 Å². The molecule has 0 radical (unpaired) electrons. The van der Waals surface area contributed by atoms with Crippen LogP contribution in [0.3, 0.4) is 0 Å². The number of hydrogen-bond acceptors (Lipinski definition) is 2. The number of rotatable bonds is 6. The van der Waals surface area contributed by atoms with Crippen molar-refractivity contribution in [1.82, 2.24) is 5.32 Å². The Labute approximate surface area is 138 Å². The fourth-order valence-corrected chi connectivity index (χ4v) is 2.26. The van der Waals surface area contributed by atoms with Crippen molar-refractivity contribution in [2.75, 3.05) is 13.2 Å². The Kier molecular flexibility index (Phi) is 5.80. The summed E-state index contributed by atoms with van der Waals surface area (Å²) in [5, 5.41) is 2.88. The van der Waals surface area contributed by atoms with Crippen molar-refractivity contribution in [3.8, 4) is 5.75 Å². The zero-order chi connectivity index (χ0) is 16.7. The Balaban J connectivity index is 1.74. The van der Waals surface area contributed by atoms with Gasteiger partial charge in [-0.15, -0.1) is 0 Å². The van der Waals surface area contributed by atoms with Crippen molar-refractivity contribution in [2.45, 2.75) is 32.6 Å². The second-order valence-corrected chi connectivity index (χ2v) is 6.64. The molecule has 0 aliphatic carbocycles. The Bertz CT molecular complexity index is 630. The number of nitrogens with one attached hydrogen (secondary N) is 1. The molecule has 1 amide bonds. The molecule has 2 aromatic carbocycles. The number of carbonyl (C=O) groups is 1. The van der Waals surface area contributed by atoms with E-state index in [1.54, 1.807) is 0 Å². The lowest BCUT2D eigenvalue weighted by atomic mass is 9.87. The summed E-state index contributed by atoms with van der Waals surface area (Å²) in [6.45, 7) is 7.50. The molecule has 3 heteroatoms. The molecule has 0 heterocycles. The molecule has 0 spiro atoms. The van der Waals surface area contributed by atoms with E-state index in [1.807, 2.05) is 42.5 Å². The maximum absolute atomic E-state index is 11.8. The molecule has 3 nitrogen and oxygen atoms in total. The largest absolute Gasteiger partial charge is 0.492 e. The molecule has 0 aromatic heterocycles. The fourth-order valence-electron chi connectivity index (χ4n) is 2.26. The van der Waals surface area contributed by atoms with Gasteiger partial charge in [0, 0.05) is 0 Å². The van der Waals surface area contributed by atoms with Gasteiger partial charge in [0.2, 0.25) is 5.91 Å². The minimum atomic E-state index is 0.0169. The van der Waals surface area contributed by atoms with Gasteiger partial charge in [0.25, 0.3) is 0 Å². The van der Waals surface area contributed by atoms with Crippen LogP contribution in [-0.4, -0.2) is 19.1 Å². The van der Waals surface area contributed by atoms with Crippen molar-refractivity contribution in [1.29, 1.82) is 0 Å². The zero-order valence-electron chi connectivity index (χ0n) is 14.1. The highest BCUT2D eigenvalue weighted by Crippen LogP contribution is 2.25. The lowest BCUT2D eigenvalue weighted by Gasteiger charge is -2.19. The molecule has 0 saturated heterocycles. The summed E-state index contributed by atoms with van der Waals surface area (Å²) in [5.41, 5.74) is 2.36. The molecular formula is C20H25NO2. The van der Waals surface area contributed by atoms with Crippen LogP contribution in [0.15, 0.2) is 54.6 Å². The average Bonchev–Trinajstić information content (AvgIpc) is 2.52. The first kappa shape index (κ1) is 17.1. The number of ether oxygens (including phenoxy) is 1. The van der Waals surface area contributed by atoms with Crippen LogP contribution in [0.25, 0.3) is 0 Å². The number of carbonyl (C=O) groups excluding carboxylic acids is 1. The van der Waals surface area contributed by atoms with E-state index in [0.717, 1.165) is 11.3 Å². The van der Waals surface area contributed by atoms with Crippen LogP contribution in [0, 0.1) is 0 Å². The Hall–Kier alpha value is -2.29.